The molecule has 3 heterocycles. The minimum Gasteiger partial charge on any atom is -0.508 e. The quantitative estimate of drug-likeness (QED) is 0.220. The lowest BCUT2D eigenvalue weighted by Crippen LogP contribution is -2.64. The average molecular weight is 595 g/mol. The van der Waals surface area contributed by atoms with E-state index in [0.29, 0.717) is 0 Å². The minimum absolute atomic E-state index is 0.106. The van der Waals surface area contributed by atoms with E-state index in [9.17, 15) is 9.90 Å². The molecule has 43 heavy (non-hydrogen) atoms. The number of amides is 1. The van der Waals surface area contributed by atoms with Crippen molar-refractivity contribution in [2.75, 3.05) is 83.9 Å². The zero-order valence-electron chi connectivity index (χ0n) is 26.2. The Morgan fingerprint density at radius 2 is 1.28 bits per heavy atom. The number of hydrogen-bond donors (Lipinski definition) is 9. The second-order valence-electron chi connectivity index (χ2n) is 12.5. The van der Waals surface area contributed by atoms with Crippen LogP contribution < -0.4 is 42.5 Å². The number of carbonyl (C=O) groups is 1. The summed E-state index contributed by atoms with van der Waals surface area (Å²) in [5.41, 5.74) is 3.56. The number of benzene rings is 2. The molecule has 2 bridgehead atoms. The first-order chi connectivity index (χ1) is 20.9. The summed E-state index contributed by atoms with van der Waals surface area (Å²) < 4.78 is 0. The van der Waals surface area contributed by atoms with Gasteiger partial charge in [0.2, 0.25) is 5.91 Å². The average Bonchev–Trinajstić information content (AvgIpc) is 2.99. The maximum Gasteiger partial charge on any atom is 0.228 e. The number of phenolic OH excluding ortho intramolecular Hbond substituents is 1. The Bertz CT molecular complexity index is 1080. The van der Waals surface area contributed by atoms with E-state index in [2.05, 4.69) is 61.6 Å². The van der Waals surface area contributed by atoms with Gasteiger partial charge in [0.25, 0.3) is 0 Å². The van der Waals surface area contributed by atoms with Gasteiger partial charge in [-0.25, -0.2) is 0 Å². The van der Waals surface area contributed by atoms with E-state index in [1.165, 1.54) is 12.8 Å². The minimum atomic E-state index is -0.174. The molecule has 3 saturated heterocycles. The molecule has 0 atom stereocenters. The molecule has 3 aliphatic heterocycles. The Labute approximate surface area is 257 Å². The van der Waals surface area contributed by atoms with E-state index in [4.69, 9.17) is 0 Å². The molecule has 10 heteroatoms. The Hall–Kier alpha value is -2.57. The largest absolute Gasteiger partial charge is 0.508 e. The predicted molar refractivity (Wildman–Crippen MR) is 176 cm³/mol. The van der Waals surface area contributed by atoms with Crippen LogP contribution in [-0.2, 0) is 17.8 Å². The molecule has 3 aliphatic rings. The lowest BCUT2D eigenvalue weighted by Gasteiger charge is -2.38. The fourth-order valence-corrected chi connectivity index (χ4v) is 6.08. The summed E-state index contributed by atoms with van der Waals surface area (Å²) in [7, 11) is 0. The van der Waals surface area contributed by atoms with Gasteiger partial charge in [0.05, 0.1) is 12.0 Å². The number of aromatic hydroxyl groups is 1. The maximum absolute atomic E-state index is 12.6. The fourth-order valence-electron chi connectivity index (χ4n) is 6.08. The first-order valence-corrected chi connectivity index (χ1v) is 16.1. The normalized spacial score (nSPS) is 24.6. The van der Waals surface area contributed by atoms with Crippen LogP contribution in [0.4, 0.5) is 5.69 Å². The smallest absolute Gasteiger partial charge is 0.228 e. The zero-order valence-corrected chi connectivity index (χ0v) is 26.2. The Balaban J connectivity index is 1.36. The van der Waals surface area contributed by atoms with Gasteiger partial charge in [-0.3, -0.25) is 4.79 Å². The second-order valence-corrected chi connectivity index (χ2v) is 12.5. The van der Waals surface area contributed by atoms with Gasteiger partial charge in [-0.05, 0) is 48.2 Å². The Morgan fingerprint density at radius 1 is 0.767 bits per heavy atom. The van der Waals surface area contributed by atoms with Crippen molar-refractivity contribution in [2.45, 2.75) is 45.2 Å². The summed E-state index contributed by atoms with van der Waals surface area (Å²) in [6.45, 7) is 16.0. The monoisotopic (exact) mass is 594 g/mol. The van der Waals surface area contributed by atoms with Crippen LogP contribution in [0, 0.1) is 12.3 Å². The molecule has 1 amide bonds. The molecule has 9 N–H and O–H groups in total. The zero-order chi connectivity index (χ0) is 30.4. The van der Waals surface area contributed by atoms with Crippen molar-refractivity contribution in [1.82, 2.24) is 37.2 Å². The lowest BCUT2D eigenvalue weighted by atomic mass is 9.82. The highest BCUT2D eigenvalue weighted by Crippen LogP contribution is 2.22. The molecule has 2 aromatic carbocycles. The van der Waals surface area contributed by atoms with Crippen molar-refractivity contribution in [3.8, 4) is 5.75 Å². The van der Waals surface area contributed by atoms with E-state index >= 15 is 0 Å². The van der Waals surface area contributed by atoms with Crippen LogP contribution in [0.2, 0.25) is 0 Å². The molecule has 10 nitrogen and oxygen atoms in total. The molecule has 0 aliphatic carbocycles. The van der Waals surface area contributed by atoms with Crippen molar-refractivity contribution in [1.29, 1.82) is 0 Å². The first-order valence-electron chi connectivity index (χ1n) is 16.1. The number of rotatable bonds is 8. The summed E-state index contributed by atoms with van der Waals surface area (Å²) in [5, 5.41) is 39.2. The van der Waals surface area contributed by atoms with E-state index in [-0.39, 0.29) is 29.0 Å². The number of anilines is 1. The molecule has 0 saturated carbocycles. The fraction of sp³-hybridized carbons (Fsp3) is 0.606. The molecule has 3 fully saturated rings. The molecule has 5 rings (SSSR count). The van der Waals surface area contributed by atoms with Crippen LogP contribution in [0.15, 0.2) is 42.5 Å². The summed E-state index contributed by atoms with van der Waals surface area (Å²) in [6.07, 6.45) is 2.60. The summed E-state index contributed by atoms with van der Waals surface area (Å²) in [5.74, 6) is 0.107. The third-order valence-corrected chi connectivity index (χ3v) is 8.65. The number of fused-ring (bicyclic) bond motifs is 15. The molecular weight excluding hydrogens is 540 g/mol. The third kappa shape index (κ3) is 10.8. The topological polar surface area (TPSA) is 134 Å². The predicted octanol–water partition coefficient (Wildman–Crippen LogP) is 1.06. The van der Waals surface area contributed by atoms with Crippen molar-refractivity contribution in [3.05, 3.63) is 59.2 Å². The van der Waals surface area contributed by atoms with Crippen molar-refractivity contribution in [3.63, 3.8) is 0 Å². The highest BCUT2D eigenvalue weighted by molar-refractivity contribution is 5.92. The standard InChI is InChI=1S/C33H54N8O2/c1-3-10-32-20-34-11-14-37-23-33(24-38-15-12-35-21-32,25-39-16-13-36-22-32)40-19-27-6-8-29(9-7-27)41-31(43)18-28-5-4-26(2)30(42)17-28/h4-9,17,34-40,42H,3,10-16,18-25H2,1-2H3,(H,41,43). The molecule has 0 unspecified atom stereocenters. The molecule has 0 radical (unpaired) electrons. The summed E-state index contributed by atoms with van der Waals surface area (Å²) >= 11 is 0. The Morgan fingerprint density at radius 3 is 1.79 bits per heavy atom. The molecule has 2 aromatic rings. The van der Waals surface area contributed by atoms with Crippen LogP contribution in [0.3, 0.4) is 0 Å². The number of aryl methyl sites for hydroxylation is 1. The highest BCUT2D eigenvalue weighted by Gasteiger charge is 2.31. The van der Waals surface area contributed by atoms with Crippen LogP contribution in [-0.4, -0.2) is 95.1 Å². The molecule has 0 spiro atoms. The van der Waals surface area contributed by atoms with Crippen molar-refractivity contribution < 1.29 is 9.90 Å². The number of hydrogen-bond acceptors (Lipinski definition) is 9. The lowest BCUT2D eigenvalue weighted by molar-refractivity contribution is -0.115. The van der Waals surface area contributed by atoms with Crippen LogP contribution >= 0.6 is 0 Å². The number of nitrogens with one attached hydrogen (secondary N) is 8. The molecule has 0 aromatic heterocycles. The van der Waals surface area contributed by atoms with Gasteiger partial charge in [-0.1, -0.05) is 37.6 Å². The molecular formula is C33H54N8O2. The molecule has 238 valence electrons. The first kappa shape index (κ1) is 33.3. The summed E-state index contributed by atoms with van der Waals surface area (Å²) in [4.78, 5) is 12.6. The summed E-state index contributed by atoms with van der Waals surface area (Å²) in [6, 6.07) is 13.4. The van der Waals surface area contributed by atoms with Crippen LogP contribution in [0.25, 0.3) is 0 Å². The van der Waals surface area contributed by atoms with Gasteiger partial charge < -0.3 is 47.6 Å². The van der Waals surface area contributed by atoms with Crippen LogP contribution in [0.5, 0.6) is 5.75 Å². The maximum atomic E-state index is 12.6. The van der Waals surface area contributed by atoms with Gasteiger partial charge in [0.1, 0.15) is 5.75 Å². The van der Waals surface area contributed by atoms with Gasteiger partial charge in [-0.2, -0.15) is 0 Å². The van der Waals surface area contributed by atoms with Gasteiger partial charge in [0.15, 0.2) is 0 Å². The second kappa shape index (κ2) is 17.1. The van der Waals surface area contributed by atoms with Crippen molar-refractivity contribution in [2.24, 2.45) is 5.41 Å². The Kier molecular flexibility index (Phi) is 13.2. The SMILES string of the molecule is CCCC12CNCCNCC(NCc3ccc(NC(=O)Cc4ccc(C)c(O)c4)cc3)(CNCCNC1)CNCCNC2. The highest BCUT2D eigenvalue weighted by atomic mass is 16.3. The van der Waals surface area contributed by atoms with E-state index < -0.39 is 0 Å². The van der Waals surface area contributed by atoms with Crippen LogP contribution in [0.1, 0.15) is 36.5 Å². The van der Waals surface area contributed by atoms with E-state index in [1.54, 1.807) is 6.07 Å². The van der Waals surface area contributed by atoms with Gasteiger partial charge >= 0.3 is 0 Å². The number of carbonyl (C=O) groups excluding carboxylic acids is 1. The van der Waals surface area contributed by atoms with E-state index in [1.807, 2.05) is 31.2 Å². The third-order valence-electron chi connectivity index (χ3n) is 8.65. The van der Waals surface area contributed by atoms with E-state index in [0.717, 1.165) is 107 Å². The number of phenols is 1. The van der Waals surface area contributed by atoms with Crippen molar-refractivity contribution >= 4 is 11.6 Å². The van der Waals surface area contributed by atoms with Gasteiger partial charge in [0, 0.05) is 96.2 Å². The van der Waals surface area contributed by atoms with Gasteiger partial charge in [-0.15, -0.1) is 0 Å².